The number of nitrogens with zero attached hydrogens (tertiary/aromatic N) is 1. The van der Waals surface area contributed by atoms with Crippen molar-refractivity contribution in [3.8, 4) is 0 Å². The minimum atomic E-state index is 0.483. The summed E-state index contributed by atoms with van der Waals surface area (Å²) in [5, 5.41) is 3.65. The van der Waals surface area contributed by atoms with Crippen molar-refractivity contribution in [2.75, 3.05) is 20.6 Å². The average Bonchev–Trinajstić information content (AvgIpc) is 2.38. The highest BCUT2D eigenvalue weighted by molar-refractivity contribution is 9.10. The highest BCUT2D eigenvalue weighted by Gasteiger charge is 2.22. The van der Waals surface area contributed by atoms with Crippen LogP contribution in [0.2, 0.25) is 0 Å². The lowest BCUT2D eigenvalue weighted by Gasteiger charge is -2.32. The summed E-state index contributed by atoms with van der Waals surface area (Å²) in [6.45, 7) is 1.18. The van der Waals surface area contributed by atoms with Crippen LogP contribution in [0.5, 0.6) is 0 Å². The maximum atomic E-state index is 3.68. The van der Waals surface area contributed by atoms with Gasteiger partial charge < -0.3 is 10.2 Å². The molecule has 1 N–H and O–H groups in total. The molecule has 0 saturated carbocycles. The molecular weight excluding hydrogens is 288 g/mol. The SMILES string of the molecule is CN(C)C(CC1CCCCN1)c1ccccc1Br. The summed E-state index contributed by atoms with van der Waals surface area (Å²) >= 11 is 3.68. The number of benzene rings is 1. The summed E-state index contributed by atoms with van der Waals surface area (Å²) in [7, 11) is 4.35. The van der Waals surface area contributed by atoms with Gasteiger partial charge in [-0.3, -0.25) is 0 Å². The van der Waals surface area contributed by atoms with E-state index >= 15 is 0 Å². The molecule has 1 saturated heterocycles. The predicted octanol–water partition coefficient (Wildman–Crippen LogP) is 3.58. The van der Waals surface area contributed by atoms with Crippen LogP contribution >= 0.6 is 15.9 Å². The summed E-state index contributed by atoms with van der Waals surface area (Å²) in [5.74, 6) is 0. The maximum Gasteiger partial charge on any atom is 0.0368 e. The van der Waals surface area contributed by atoms with Gasteiger partial charge in [-0.25, -0.2) is 0 Å². The zero-order valence-corrected chi connectivity index (χ0v) is 12.9. The van der Waals surface area contributed by atoms with E-state index in [4.69, 9.17) is 0 Å². The van der Waals surface area contributed by atoms with Crippen LogP contribution in [0.1, 0.15) is 37.3 Å². The molecule has 100 valence electrons. The Bertz CT molecular complexity index is 373. The van der Waals surface area contributed by atoms with E-state index in [2.05, 4.69) is 64.5 Å². The third kappa shape index (κ3) is 3.56. The van der Waals surface area contributed by atoms with Crippen LogP contribution in [0.25, 0.3) is 0 Å². The Morgan fingerprint density at radius 1 is 1.33 bits per heavy atom. The van der Waals surface area contributed by atoms with Crippen molar-refractivity contribution in [2.24, 2.45) is 0 Å². The molecule has 1 heterocycles. The van der Waals surface area contributed by atoms with Crippen molar-refractivity contribution < 1.29 is 0 Å². The molecule has 0 amide bonds. The first-order chi connectivity index (χ1) is 8.68. The van der Waals surface area contributed by atoms with Crippen molar-refractivity contribution in [1.29, 1.82) is 0 Å². The second-order valence-electron chi connectivity index (χ2n) is 5.38. The molecule has 1 aromatic carbocycles. The van der Waals surface area contributed by atoms with Gasteiger partial charge in [-0.2, -0.15) is 0 Å². The van der Waals surface area contributed by atoms with E-state index in [0.717, 1.165) is 0 Å². The standard InChI is InChI=1S/C15H23BrN2/c1-18(2)15(11-12-7-5-6-10-17-12)13-8-3-4-9-14(13)16/h3-4,8-9,12,15,17H,5-7,10-11H2,1-2H3. The van der Waals surface area contributed by atoms with Crippen LogP contribution in [-0.2, 0) is 0 Å². The highest BCUT2D eigenvalue weighted by atomic mass is 79.9. The molecule has 2 unspecified atom stereocenters. The Kier molecular flexibility index (Phi) is 5.22. The summed E-state index contributed by atoms with van der Waals surface area (Å²) in [6, 6.07) is 9.73. The van der Waals surface area contributed by atoms with Gasteiger partial charge in [-0.05, 0) is 51.5 Å². The molecule has 1 aromatic rings. The number of halogens is 1. The first kappa shape index (κ1) is 14.0. The fourth-order valence-corrected chi connectivity index (χ4v) is 3.30. The quantitative estimate of drug-likeness (QED) is 0.914. The van der Waals surface area contributed by atoms with E-state index in [1.54, 1.807) is 0 Å². The van der Waals surface area contributed by atoms with Crippen LogP contribution in [0.4, 0.5) is 0 Å². The fraction of sp³-hybridized carbons (Fsp3) is 0.600. The molecule has 3 heteroatoms. The van der Waals surface area contributed by atoms with E-state index in [9.17, 15) is 0 Å². The van der Waals surface area contributed by atoms with Crippen molar-refractivity contribution >= 4 is 15.9 Å². The number of nitrogens with one attached hydrogen (secondary N) is 1. The predicted molar refractivity (Wildman–Crippen MR) is 80.8 cm³/mol. The first-order valence-corrected chi connectivity index (χ1v) is 7.62. The number of piperidine rings is 1. The van der Waals surface area contributed by atoms with E-state index < -0.39 is 0 Å². The van der Waals surface area contributed by atoms with E-state index in [1.165, 1.54) is 42.3 Å². The van der Waals surface area contributed by atoms with E-state index in [0.29, 0.717) is 12.1 Å². The summed E-state index contributed by atoms with van der Waals surface area (Å²) in [6.07, 6.45) is 5.20. The average molecular weight is 311 g/mol. The lowest BCUT2D eigenvalue weighted by atomic mass is 9.93. The van der Waals surface area contributed by atoms with Crippen LogP contribution in [-0.4, -0.2) is 31.6 Å². The molecule has 2 atom stereocenters. The summed E-state index contributed by atoms with van der Waals surface area (Å²) < 4.78 is 1.22. The Morgan fingerprint density at radius 2 is 2.11 bits per heavy atom. The molecule has 0 aliphatic carbocycles. The number of hydrogen-bond acceptors (Lipinski definition) is 2. The normalized spacial score (nSPS) is 22.1. The first-order valence-electron chi connectivity index (χ1n) is 6.82. The second-order valence-corrected chi connectivity index (χ2v) is 6.24. The summed E-state index contributed by atoms with van der Waals surface area (Å²) in [5.41, 5.74) is 1.40. The van der Waals surface area contributed by atoms with Crippen LogP contribution in [0, 0.1) is 0 Å². The topological polar surface area (TPSA) is 15.3 Å². The zero-order chi connectivity index (χ0) is 13.0. The molecular formula is C15H23BrN2. The lowest BCUT2D eigenvalue weighted by Crippen LogP contribution is -2.37. The molecule has 0 bridgehead atoms. The minimum Gasteiger partial charge on any atom is -0.314 e. The van der Waals surface area contributed by atoms with E-state index in [-0.39, 0.29) is 0 Å². The molecule has 2 nitrogen and oxygen atoms in total. The zero-order valence-electron chi connectivity index (χ0n) is 11.3. The van der Waals surface area contributed by atoms with Gasteiger partial charge in [0.2, 0.25) is 0 Å². The van der Waals surface area contributed by atoms with E-state index in [1.807, 2.05) is 0 Å². The molecule has 0 aromatic heterocycles. The van der Waals surface area contributed by atoms with Gasteiger partial charge in [-0.15, -0.1) is 0 Å². The maximum absolute atomic E-state index is 3.68. The third-order valence-corrected chi connectivity index (χ3v) is 4.53. The minimum absolute atomic E-state index is 0.483. The van der Waals surface area contributed by atoms with Crippen molar-refractivity contribution in [1.82, 2.24) is 10.2 Å². The smallest absolute Gasteiger partial charge is 0.0368 e. The monoisotopic (exact) mass is 310 g/mol. The van der Waals surface area contributed by atoms with Gasteiger partial charge in [-0.1, -0.05) is 40.5 Å². The van der Waals surface area contributed by atoms with Crippen molar-refractivity contribution in [2.45, 2.75) is 37.8 Å². The molecule has 18 heavy (non-hydrogen) atoms. The highest BCUT2D eigenvalue weighted by Crippen LogP contribution is 2.31. The van der Waals surface area contributed by atoms with Crippen molar-refractivity contribution in [3.05, 3.63) is 34.3 Å². The summed E-state index contributed by atoms with van der Waals surface area (Å²) in [4.78, 5) is 2.33. The molecule has 0 radical (unpaired) electrons. The number of rotatable bonds is 4. The van der Waals surface area contributed by atoms with Gasteiger partial charge in [0.05, 0.1) is 0 Å². The Labute approximate surface area is 119 Å². The van der Waals surface area contributed by atoms with Gasteiger partial charge >= 0.3 is 0 Å². The Morgan fingerprint density at radius 3 is 2.72 bits per heavy atom. The van der Waals surface area contributed by atoms with Gasteiger partial charge in [0.1, 0.15) is 0 Å². The number of hydrogen-bond donors (Lipinski definition) is 1. The fourth-order valence-electron chi connectivity index (χ4n) is 2.76. The van der Waals surface area contributed by atoms with Gasteiger partial charge in [0.25, 0.3) is 0 Å². The van der Waals surface area contributed by atoms with Crippen LogP contribution < -0.4 is 5.32 Å². The second kappa shape index (κ2) is 6.69. The molecule has 1 fully saturated rings. The third-order valence-electron chi connectivity index (χ3n) is 3.81. The molecule has 2 rings (SSSR count). The lowest BCUT2D eigenvalue weighted by molar-refractivity contribution is 0.239. The van der Waals surface area contributed by atoms with Crippen molar-refractivity contribution in [3.63, 3.8) is 0 Å². The van der Waals surface area contributed by atoms with Crippen LogP contribution in [0.15, 0.2) is 28.7 Å². The molecule has 1 aliphatic rings. The Balaban J connectivity index is 2.10. The largest absolute Gasteiger partial charge is 0.314 e. The van der Waals surface area contributed by atoms with Gasteiger partial charge in [0.15, 0.2) is 0 Å². The Hall–Kier alpha value is -0.380. The molecule has 0 spiro atoms. The molecule has 1 aliphatic heterocycles. The van der Waals surface area contributed by atoms with Gasteiger partial charge in [0, 0.05) is 16.6 Å². The van der Waals surface area contributed by atoms with Crippen LogP contribution in [0.3, 0.4) is 0 Å².